The van der Waals surface area contributed by atoms with Crippen LogP contribution in [0.2, 0.25) is 0 Å². The highest BCUT2D eigenvalue weighted by Gasteiger charge is 2.40. The topological polar surface area (TPSA) is 55.8 Å². The van der Waals surface area contributed by atoms with Gasteiger partial charge < -0.3 is 9.47 Å². The van der Waals surface area contributed by atoms with Gasteiger partial charge in [0.1, 0.15) is 0 Å². The number of amides is 2. The van der Waals surface area contributed by atoms with Crippen LogP contribution in [0.3, 0.4) is 0 Å². The summed E-state index contributed by atoms with van der Waals surface area (Å²) in [6, 6.07) is 12.6. The van der Waals surface area contributed by atoms with Crippen LogP contribution in [0.15, 0.2) is 47.4 Å². The summed E-state index contributed by atoms with van der Waals surface area (Å²) in [5.41, 5.74) is 2.67. The van der Waals surface area contributed by atoms with Gasteiger partial charge in [-0.3, -0.25) is 9.59 Å². The monoisotopic (exact) mass is 383 g/mol. The highest BCUT2D eigenvalue weighted by Crippen LogP contribution is 2.40. The van der Waals surface area contributed by atoms with Gasteiger partial charge in [0.05, 0.1) is 30.4 Å². The molecule has 2 aromatic rings. The van der Waals surface area contributed by atoms with Crippen molar-refractivity contribution in [3.63, 3.8) is 0 Å². The van der Waals surface area contributed by atoms with Crippen LogP contribution in [0.5, 0.6) is 11.5 Å². The Hall–Kier alpha value is -2.73. The Morgan fingerprint density at radius 1 is 0.926 bits per heavy atom. The second-order valence-corrected chi connectivity index (χ2v) is 7.26. The number of carbonyl (C=O) groups is 2. The van der Waals surface area contributed by atoms with E-state index in [-0.39, 0.29) is 11.8 Å². The minimum absolute atomic E-state index is 0.291. The zero-order valence-corrected chi connectivity index (χ0v) is 16.6. The van der Waals surface area contributed by atoms with Crippen molar-refractivity contribution in [2.75, 3.05) is 24.9 Å². The van der Waals surface area contributed by atoms with E-state index >= 15 is 0 Å². The second kappa shape index (κ2) is 7.88. The number of thioether (sulfide) groups is 1. The lowest BCUT2D eigenvalue weighted by molar-refractivity contribution is -0.119. The number of nitrogens with zero attached hydrogens (tertiary/aromatic N) is 1. The first-order valence-corrected chi connectivity index (χ1v) is 9.55. The number of imide groups is 1. The molecule has 0 radical (unpaired) electrons. The molecular weight excluding hydrogens is 362 g/mol. The molecule has 0 atom stereocenters. The highest BCUT2D eigenvalue weighted by atomic mass is 32.2. The fourth-order valence-electron chi connectivity index (χ4n) is 2.96. The van der Waals surface area contributed by atoms with Gasteiger partial charge in [-0.25, -0.2) is 4.90 Å². The van der Waals surface area contributed by atoms with Gasteiger partial charge >= 0.3 is 0 Å². The molecule has 1 heterocycles. The lowest BCUT2D eigenvalue weighted by Crippen LogP contribution is -2.31. The van der Waals surface area contributed by atoms with Crippen LogP contribution in [0.1, 0.15) is 18.1 Å². The molecule has 0 aliphatic carbocycles. The molecule has 0 spiro atoms. The Balaban J connectivity index is 2.10. The molecule has 0 fully saturated rings. The first-order valence-electron chi connectivity index (χ1n) is 8.56. The Morgan fingerprint density at radius 2 is 1.59 bits per heavy atom. The predicted octanol–water partition coefficient (Wildman–Crippen LogP) is 4.05. The number of anilines is 1. The molecule has 1 aliphatic rings. The van der Waals surface area contributed by atoms with Crippen LogP contribution in [0, 0.1) is 6.92 Å². The lowest BCUT2D eigenvalue weighted by Gasteiger charge is -2.15. The molecule has 140 valence electrons. The quantitative estimate of drug-likeness (QED) is 0.705. The van der Waals surface area contributed by atoms with Gasteiger partial charge in [-0.15, -0.1) is 11.8 Å². The number of hydrogen-bond acceptors (Lipinski definition) is 5. The molecule has 3 rings (SSSR count). The maximum absolute atomic E-state index is 13.2. The molecular formula is C21H21NO4S. The maximum atomic E-state index is 13.2. The summed E-state index contributed by atoms with van der Waals surface area (Å²) in [7, 11) is 3.09. The van der Waals surface area contributed by atoms with E-state index in [2.05, 4.69) is 0 Å². The van der Waals surface area contributed by atoms with Crippen LogP contribution in [0.4, 0.5) is 5.69 Å². The molecule has 6 heteroatoms. The van der Waals surface area contributed by atoms with Gasteiger partial charge in [-0.2, -0.15) is 0 Å². The Kier molecular flexibility index (Phi) is 5.56. The predicted molar refractivity (Wildman–Crippen MR) is 108 cm³/mol. The first-order chi connectivity index (χ1) is 13.0. The summed E-state index contributed by atoms with van der Waals surface area (Å²) in [5, 5.41) is 0. The molecule has 2 aromatic carbocycles. The van der Waals surface area contributed by atoms with Crippen molar-refractivity contribution in [3.8, 4) is 11.5 Å². The van der Waals surface area contributed by atoms with Crippen LogP contribution < -0.4 is 14.4 Å². The summed E-state index contributed by atoms with van der Waals surface area (Å²) < 4.78 is 10.6. The summed E-state index contributed by atoms with van der Waals surface area (Å²) in [6.07, 6.45) is 0. The molecule has 0 N–H and O–H groups in total. The minimum Gasteiger partial charge on any atom is -0.493 e. The minimum atomic E-state index is -0.327. The van der Waals surface area contributed by atoms with Crippen molar-refractivity contribution in [2.45, 2.75) is 13.8 Å². The molecule has 27 heavy (non-hydrogen) atoms. The number of ether oxygens (including phenoxy) is 2. The van der Waals surface area contributed by atoms with Crippen molar-refractivity contribution < 1.29 is 19.1 Å². The van der Waals surface area contributed by atoms with Crippen LogP contribution >= 0.6 is 11.8 Å². The van der Waals surface area contributed by atoms with Gasteiger partial charge in [0, 0.05) is 0 Å². The van der Waals surface area contributed by atoms with Crippen molar-refractivity contribution in [1.29, 1.82) is 0 Å². The first kappa shape index (κ1) is 19.0. The molecule has 1 aliphatic heterocycles. The van der Waals surface area contributed by atoms with Crippen LogP contribution in [0.25, 0.3) is 5.57 Å². The van der Waals surface area contributed by atoms with Crippen molar-refractivity contribution in [2.24, 2.45) is 0 Å². The third kappa shape index (κ3) is 3.45. The molecule has 0 unspecified atom stereocenters. The number of carbonyl (C=O) groups excluding carboxylic acids is 2. The maximum Gasteiger partial charge on any atom is 0.272 e. The molecule has 2 amide bonds. The fourth-order valence-corrected chi connectivity index (χ4v) is 3.82. The second-order valence-electron chi connectivity index (χ2n) is 5.99. The molecule has 0 aromatic heterocycles. The largest absolute Gasteiger partial charge is 0.493 e. The summed E-state index contributed by atoms with van der Waals surface area (Å²) >= 11 is 1.37. The highest BCUT2D eigenvalue weighted by molar-refractivity contribution is 8.04. The number of rotatable bonds is 6. The average molecular weight is 383 g/mol. The standard InChI is InChI=1S/C21H21NO4S/c1-5-27-19-18(14-8-11-16(25-3)17(12-14)26-4)20(23)22(21(19)24)15-9-6-13(2)7-10-15/h6-12H,5H2,1-4H3. The molecule has 0 saturated carbocycles. The van der Waals surface area contributed by atoms with E-state index in [1.54, 1.807) is 37.4 Å². The zero-order chi connectivity index (χ0) is 19.6. The number of aryl methyl sites for hydroxylation is 1. The Bertz CT molecular complexity index is 918. The van der Waals surface area contributed by atoms with E-state index < -0.39 is 0 Å². The Morgan fingerprint density at radius 3 is 2.19 bits per heavy atom. The summed E-state index contributed by atoms with van der Waals surface area (Å²) in [4.78, 5) is 27.9. The summed E-state index contributed by atoms with van der Waals surface area (Å²) in [5.74, 6) is 1.15. The van der Waals surface area contributed by atoms with Gasteiger partial charge in [-0.05, 0) is 42.5 Å². The Labute approximate surface area is 163 Å². The van der Waals surface area contributed by atoms with E-state index in [1.807, 2.05) is 26.0 Å². The van der Waals surface area contributed by atoms with E-state index in [0.29, 0.717) is 39.0 Å². The van der Waals surface area contributed by atoms with Crippen molar-refractivity contribution in [3.05, 3.63) is 58.5 Å². The van der Waals surface area contributed by atoms with Gasteiger partial charge in [0.2, 0.25) is 0 Å². The number of hydrogen-bond donors (Lipinski definition) is 0. The third-order valence-corrected chi connectivity index (χ3v) is 5.25. The number of methoxy groups -OCH3 is 2. The normalized spacial score (nSPS) is 14.1. The lowest BCUT2D eigenvalue weighted by atomic mass is 10.1. The van der Waals surface area contributed by atoms with Crippen LogP contribution in [-0.4, -0.2) is 31.8 Å². The van der Waals surface area contributed by atoms with Gasteiger partial charge in [-0.1, -0.05) is 30.7 Å². The fraction of sp³-hybridized carbons (Fsp3) is 0.238. The van der Waals surface area contributed by atoms with E-state index in [1.165, 1.54) is 23.8 Å². The van der Waals surface area contributed by atoms with Gasteiger partial charge in [0.15, 0.2) is 11.5 Å². The van der Waals surface area contributed by atoms with Crippen molar-refractivity contribution in [1.82, 2.24) is 0 Å². The summed E-state index contributed by atoms with van der Waals surface area (Å²) in [6.45, 7) is 3.92. The smallest absolute Gasteiger partial charge is 0.272 e. The van der Waals surface area contributed by atoms with Crippen molar-refractivity contribution >= 4 is 34.8 Å². The van der Waals surface area contributed by atoms with E-state index in [9.17, 15) is 9.59 Å². The zero-order valence-electron chi connectivity index (χ0n) is 15.7. The van der Waals surface area contributed by atoms with Gasteiger partial charge in [0.25, 0.3) is 11.8 Å². The molecule has 5 nitrogen and oxygen atoms in total. The average Bonchev–Trinajstić information content (AvgIpc) is 2.92. The molecule has 0 bridgehead atoms. The van der Waals surface area contributed by atoms with E-state index in [0.717, 1.165) is 5.56 Å². The third-order valence-electron chi connectivity index (χ3n) is 4.29. The van der Waals surface area contributed by atoms with Crippen LogP contribution in [-0.2, 0) is 9.59 Å². The SMILES string of the molecule is CCSC1=C(c2ccc(OC)c(OC)c2)C(=O)N(c2ccc(C)cc2)C1=O. The number of benzene rings is 2. The van der Waals surface area contributed by atoms with E-state index in [4.69, 9.17) is 9.47 Å². The molecule has 0 saturated heterocycles.